The first-order valence-electron chi connectivity index (χ1n) is 6.37. The van der Waals surface area contributed by atoms with Crippen LogP contribution in [0, 0.1) is 5.92 Å². The summed E-state index contributed by atoms with van der Waals surface area (Å²) in [6.07, 6.45) is 5.58. The van der Waals surface area contributed by atoms with Crippen molar-refractivity contribution in [2.75, 3.05) is 19.6 Å². The minimum atomic E-state index is -3.38. The number of primary sulfonamides is 1. The second kappa shape index (κ2) is 5.22. The maximum atomic E-state index is 11.0. The third-order valence-electron chi connectivity index (χ3n) is 3.94. The minimum Gasteiger partial charge on any atom is -0.392 e. The van der Waals surface area contributed by atoms with Crippen LogP contribution in [0.4, 0.5) is 0 Å². The topological polar surface area (TPSA) is 83.6 Å². The summed E-state index contributed by atoms with van der Waals surface area (Å²) in [7, 11) is -3.38. The highest BCUT2D eigenvalue weighted by atomic mass is 32.2. The van der Waals surface area contributed by atoms with Crippen LogP contribution in [-0.2, 0) is 10.0 Å². The summed E-state index contributed by atoms with van der Waals surface area (Å²) < 4.78 is 22.0. The number of β-amino-alcohol motifs (C(OH)–C–C–N with tert-alkyl or cyclic N) is 1. The van der Waals surface area contributed by atoms with E-state index < -0.39 is 15.3 Å². The van der Waals surface area contributed by atoms with Crippen LogP contribution in [0.1, 0.15) is 32.1 Å². The Morgan fingerprint density at radius 3 is 2.41 bits per heavy atom. The normalized spacial score (nSPS) is 26.0. The van der Waals surface area contributed by atoms with Gasteiger partial charge in [-0.25, -0.2) is 13.6 Å². The molecule has 6 heteroatoms. The molecule has 0 radical (unpaired) electrons. The first kappa shape index (κ1) is 13.3. The van der Waals surface area contributed by atoms with Gasteiger partial charge in [0.1, 0.15) is 5.25 Å². The van der Waals surface area contributed by atoms with Gasteiger partial charge in [0.15, 0.2) is 0 Å². The first-order valence-corrected chi connectivity index (χ1v) is 7.98. The molecular formula is C11H22N2O3S. The standard InChI is InChI=1S/C11H22N2O3S/c12-17(15,16)11-7-13(8-11)6-10(14)5-9-3-1-2-4-9/h9-11,14H,1-8H2,(H2,12,15,16). The summed E-state index contributed by atoms with van der Waals surface area (Å²) in [4.78, 5) is 1.97. The zero-order chi connectivity index (χ0) is 12.5. The molecule has 1 unspecified atom stereocenters. The number of nitrogens with two attached hydrogens (primary N) is 1. The zero-order valence-corrected chi connectivity index (χ0v) is 10.9. The number of rotatable bonds is 5. The van der Waals surface area contributed by atoms with Gasteiger partial charge in [-0.2, -0.15) is 0 Å². The highest BCUT2D eigenvalue weighted by Gasteiger charge is 2.36. The Kier molecular flexibility index (Phi) is 4.07. The van der Waals surface area contributed by atoms with Crippen molar-refractivity contribution in [2.45, 2.75) is 43.5 Å². The maximum Gasteiger partial charge on any atom is 0.214 e. The van der Waals surface area contributed by atoms with E-state index in [2.05, 4.69) is 0 Å². The molecule has 2 aliphatic rings. The van der Waals surface area contributed by atoms with Crippen LogP contribution in [0.2, 0.25) is 0 Å². The Morgan fingerprint density at radius 1 is 1.29 bits per heavy atom. The first-order chi connectivity index (χ1) is 7.95. The van der Waals surface area contributed by atoms with Crippen LogP contribution in [0.3, 0.4) is 0 Å². The fourth-order valence-corrected chi connectivity index (χ4v) is 3.72. The van der Waals surface area contributed by atoms with Gasteiger partial charge in [0.05, 0.1) is 6.10 Å². The second-order valence-corrected chi connectivity index (χ2v) is 7.31. The van der Waals surface area contributed by atoms with Crippen LogP contribution >= 0.6 is 0 Å². The van der Waals surface area contributed by atoms with Gasteiger partial charge in [-0.15, -0.1) is 0 Å². The molecule has 100 valence electrons. The van der Waals surface area contributed by atoms with Gasteiger partial charge < -0.3 is 5.11 Å². The Hall–Kier alpha value is -0.170. The summed E-state index contributed by atoms with van der Waals surface area (Å²) in [5.41, 5.74) is 0. The van der Waals surface area contributed by atoms with Crippen molar-refractivity contribution in [3.8, 4) is 0 Å². The highest BCUT2D eigenvalue weighted by Crippen LogP contribution is 2.29. The molecule has 0 aromatic rings. The van der Waals surface area contributed by atoms with Crippen LogP contribution in [0.5, 0.6) is 0 Å². The van der Waals surface area contributed by atoms with E-state index in [1.165, 1.54) is 25.7 Å². The fourth-order valence-electron chi connectivity index (χ4n) is 2.88. The molecule has 1 aliphatic heterocycles. The summed E-state index contributed by atoms with van der Waals surface area (Å²) in [6.45, 7) is 1.53. The SMILES string of the molecule is NS(=O)(=O)C1CN(CC(O)CC2CCCC2)C1. The number of aliphatic hydroxyl groups excluding tert-OH is 1. The molecule has 3 N–H and O–H groups in total. The molecule has 1 saturated heterocycles. The van der Waals surface area contributed by atoms with Gasteiger partial charge in [0, 0.05) is 19.6 Å². The van der Waals surface area contributed by atoms with E-state index in [1.807, 2.05) is 4.90 Å². The number of sulfonamides is 1. The third kappa shape index (κ3) is 3.64. The molecular weight excluding hydrogens is 240 g/mol. The van der Waals surface area contributed by atoms with E-state index in [4.69, 9.17) is 5.14 Å². The third-order valence-corrected chi connectivity index (χ3v) is 5.16. The van der Waals surface area contributed by atoms with E-state index in [9.17, 15) is 13.5 Å². The van der Waals surface area contributed by atoms with Crippen molar-refractivity contribution >= 4 is 10.0 Å². The molecule has 0 bridgehead atoms. The fraction of sp³-hybridized carbons (Fsp3) is 1.00. The number of nitrogens with zero attached hydrogens (tertiary/aromatic N) is 1. The zero-order valence-electron chi connectivity index (χ0n) is 10.1. The quantitative estimate of drug-likeness (QED) is 0.725. The Balaban J connectivity index is 1.65. The van der Waals surface area contributed by atoms with Gasteiger partial charge in [-0.05, 0) is 12.3 Å². The predicted octanol–water partition coefficient (Wildman–Crippen LogP) is -0.0997. The van der Waals surface area contributed by atoms with Crippen molar-refractivity contribution in [3.63, 3.8) is 0 Å². The van der Waals surface area contributed by atoms with Crippen molar-refractivity contribution in [1.29, 1.82) is 0 Å². The Bertz CT molecular complexity index is 346. The lowest BCUT2D eigenvalue weighted by Crippen LogP contribution is -2.58. The molecule has 1 aliphatic carbocycles. The summed E-state index contributed by atoms with van der Waals surface area (Å²) in [6, 6.07) is 0. The number of likely N-dealkylation sites (tertiary alicyclic amines) is 1. The van der Waals surface area contributed by atoms with Crippen molar-refractivity contribution in [2.24, 2.45) is 11.1 Å². The van der Waals surface area contributed by atoms with Gasteiger partial charge in [0.2, 0.25) is 10.0 Å². The largest absolute Gasteiger partial charge is 0.392 e. The van der Waals surface area contributed by atoms with E-state index in [-0.39, 0.29) is 6.10 Å². The summed E-state index contributed by atoms with van der Waals surface area (Å²) >= 11 is 0. The van der Waals surface area contributed by atoms with E-state index in [0.717, 1.165) is 6.42 Å². The molecule has 1 heterocycles. The number of hydrogen-bond acceptors (Lipinski definition) is 4. The van der Waals surface area contributed by atoms with Crippen LogP contribution in [0.25, 0.3) is 0 Å². The number of aliphatic hydroxyl groups is 1. The second-order valence-electron chi connectivity index (χ2n) is 5.47. The molecule has 0 aromatic heterocycles. The average Bonchev–Trinajstić information content (AvgIpc) is 2.61. The van der Waals surface area contributed by atoms with Gasteiger partial charge >= 0.3 is 0 Å². The Morgan fingerprint density at radius 2 is 1.88 bits per heavy atom. The lowest BCUT2D eigenvalue weighted by atomic mass is 9.99. The van der Waals surface area contributed by atoms with Crippen molar-refractivity contribution in [3.05, 3.63) is 0 Å². The molecule has 1 atom stereocenters. The van der Waals surface area contributed by atoms with Gasteiger partial charge in [-0.1, -0.05) is 25.7 Å². The van der Waals surface area contributed by atoms with Gasteiger partial charge in [0.25, 0.3) is 0 Å². The smallest absolute Gasteiger partial charge is 0.214 e. The van der Waals surface area contributed by atoms with Crippen molar-refractivity contribution < 1.29 is 13.5 Å². The maximum absolute atomic E-state index is 11.0. The summed E-state index contributed by atoms with van der Waals surface area (Å²) in [5, 5.41) is 14.5. The molecule has 0 aromatic carbocycles. The Labute approximate surface area is 103 Å². The molecule has 5 nitrogen and oxygen atoms in total. The summed E-state index contributed by atoms with van der Waals surface area (Å²) in [5.74, 6) is 0.667. The van der Waals surface area contributed by atoms with Crippen LogP contribution in [0.15, 0.2) is 0 Å². The molecule has 0 amide bonds. The van der Waals surface area contributed by atoms with Gasteiger partial charge in [-0.3, -0.25) is 4.90 Å². The minimum absolute atomic E-state index is 0.320. The highest BCUT2D eigenvalue weighted by molar-refractivity contribution is 7.89. The molecule has 0 spiro atoms. The van der Waals surface area contributed by atoms with E-state index in [1.54, 1.807) is 0 Å². The van der Waals surface area contributed by atoms with Crippen molar-refractivity contribution in [1.82, 2.24) is 4.90 Å². The molecule has 2 rings (SSSR count). The van der Waals surface area contributed by atoms with E-state index >= 15 is 0 Å². The average molecular weight is 262 g/mol. The lowest BCUT2D eigenvalue weighted by Gasteiger charge is -2.38. The monoisotopic (exact) mass is 262 g/mol. The van der Waals surface area contributed by atoms with E-state index in [0.29, 0.717) is 25.6 Å². The predicted molar refractivity (Wildman–Crippen MR) is 65.9 cm³/mol. The van der Waals surface area contributed by atoms with Crippen LogP contribution in [-0.4, -0.2) is 49.4 Å². The van der Waals surface area contributed by atoms with Crippen LogP contribution < -0.4 is 5.14 Å². The lowest BCUT2D eigenvalue weighted by molar-refractivity contribution is 0.0651. The molecule has 1 saturated carbocycles. The molecule has 17 heavy (non-hydrogen) atoms. The molecule has 2 fully saturated rings. The number of hydrogen-bond donors (Lipinski definition) is 2.